The van der Waals surface area contributed by atoms with Crippen LogP contribution in [0.5, 0.6) is 0 Å². The summed E-state index contributed by atoms with van der Waals surface area (Å²) in [6, 6.07) is 20.8. The van der Waals surface area contributed by atoms with Gasteiger partial charge in [-0.1, -0.05) is 42.5 Å². The standard InChI is InChI=1S/C23H23N3O3/c1-2-29-23(28)16-10-12-17(13-11-16)24-22(27)21-14-20(25-26-21)19-9-5-7-15-6-3-4-8-18(15)19/h3-13,20-21,25-26H,2,14H2,1H3,(H,24,27). The molecule has 0 aromatic heterocycles. The molecule has 3 N–H and O–H groups in total. The van der Waals surface area contributed by atoms with Crippen molar-refractivity contribution in [2.24, 2.45) is 0 Å². The SMILES string of the molecule is CCOC(=O)c1ccc(NC(=O)C2CC(c3cccc4ccccc34)NN2)cc1. The second-order valence-corrected chi connectivity index (χ2v) is 6.98. The maximum absolute atomic E-state index is 12.7. The zero-order valence-electron chi connectivity index (χ0n) is 16.1. The molecule has 4 rings (SSSR count). The number of anilines is 1. The second-order valence-electron chi connectivity index (χ2n) is 6.98. The second kappa shape index (κ2) is 8.43. The number of nitrogens with one attached hydrogen (secondary N) is 3. The van der Waals surface area contributed by atoms with Gasteiger partial charge in [0.2, 0.25) is 5.91 Å². The van der Waals surface area contributed by atoms with E-state index < -0.39 is 0 Å². The van der Waals surface area contributed by atoms with Crippen LogP contribution in [-0.2, 0) is 9.53 Å². The summed E-state index contributed by atoms with van der Waals surface area (Å²) in [7, 11) is 0. The number of hydrogen-bond acceptors (Lipinski definition) is 5. The summed E-state index contributed by atoms with van der Waals surface area (Å²) in [6.45, 7) is 2.09. The van der Waals surface area contributed by atoms with E-state index in [0.29, 0.717) is 24.3 Å². The summed E-state index contributed by atoms with van der Waals surface area (Å²) in [5, 5.41) is 5.26. The minimum atomic E-state index is -0.370. The van der Waals surface area contributed by atoms with Crippen LogP contribution in [0.4, 0.5) is 5.69 Å². The summed E-state index contributed by atoms with van der Waals surface area (Å²) in [5.41, 5.74) is 8.62. The third-order valence-corrected chi connectivity index (χ3v) is 5.08. The Balaban J connectivity index is 1.41. The molecule has 6 heteroatoms. The first-order valence-electron chi connectivity index (χ1n) is 9.72. The van der Waals surface area contributed by atoms with Gasteiger partial charge in [0.1, 0.15) is 6.04 Å². The highest BCUT2D eigenvalue weighted by molar-refractivity contribution is 5.96. The molecule has 0 spiro atoms. The average Bonchev–Trinajstić information content (AvgIpc) is 3.24. The number of rotatable bonds is 5. The Morgan fingerprint density at radius 1 is 1.00 bits per heavy atom. The van der Waals surface area contributed by atoms with Crippen LogP contribution in [-0.4, -0.2) is 24.5 Å². The van der Waals surface area contributed by atoms with Gasteiger partial charge in [0.15, 0.2) is 0 Å². The number of hydrazine groups is 1. The fraction of sp³-hybridized carbons (Fsp3) is 0.217. The Bertz CT molecular complexity index is 1030. The van der Waals surface area contributed by atoms with Crippen LogP contribution in [0.25, 0.3) is 10.8 Å². The van der Waals surface area contributed by atoms with Crippen molar-refractivity contribution in [2.75, 3.05) is 11.9 Å². The van der Waals surface area contributed by atoms with Crippen LogP contribution in [0.2, 0.25) is 0 Å². The van der Waals surface area contributed by atoms with E-state index in [9.17, 15) is 9.59 Å². The highest BCUT2D eigenvalue weighted by atomic mass is 16.5. The van der Waals surface area contributed by atoms with E-state index in [1.54, 1.807) is 31.2 Å². The van der Waals surface area contributed by atoms with Crippen LogP contribution in [0.3, 0.4) is 0 Å². The van der Waals surface area contributed by atoms with E-state index in [2.05, 4.69) is 40.4 Å². The van der Waals surface area contributed by atoms with Gasteiger partial charge >= 0.3 is 5.97 Å². The van der Waals surface area contributed by atoms with Gasteiger partial charge in [-0.05, 0) is 53.9 Å². The number of benzene rings is 3. The first-order chi connectivity index (χ1) is 14.2. The molecule has 0 radical (unpaired) electrons. The van der Waals surface area contributed by atoms with Crippen molar-refractivity contribution in [1.82, 2.24) is 10.9 Å². The zero-order chi connectivity index (χ0) is 20.2. The molecular formula is C23H23N3O3. The summed E-state index contributed by atoms with van der Waals surface area (Å²) in [6.07, 6.45) is 0.640. The van der Waals surface area contributed by atoms with Crippen molar-refractivity contribution in [3.8, 4) is 0 Å². The lowest BCUT2D eigenvalue weighted by atomic mass is 9.96. The minimum Gasteiger partial charge on any atom is -0.462 e. The Hall–Kier alpha value is -3.22. The molecule has 0 saturated carbocycles. The Labute approximate surface area is 169 Å². The first-order valence-corrected chi connectivity index (χ1v) is 9.72. The van der Waals surface area contributed by atoms with Crippen LogP contribution in [0, 0.1) is 0 Å². The van der Waals surface area contributed by atoms with E-state index in [-0.39, 0.29) is 24.0 Å². The van der Waals surface area contributed by atoms with Gasteiger partial charge in [0, 0.05) is 11.7 Å². The highest BCUT2D eigenvalue weighted by Crippen LogP contribution is 2.29. The number of ether oxygens (including phenoxy) is 1. The fourth-order valence-corrected chi connectivity index (χ4v) is 3.62. The van der Waals surface area contributed by atoms with E-state index in [0.717, 1.165) is 0 Å². The Morgan fingerprint density at radius 3 is 2.55 bits per heavy atom. The van der Waals surface area contributed by atoms with Gasteiger partial charge in [-0.3, -0.25) is 4.79 Å². The third-order valence-electron chi connectivity index (χ3n) is 5.08. The number of fused-ring (bicyclic) bond motifs is 1. The number of carbonyl (C=O) groups is 2. The van der Waals surface area contributed by atoms with Crippen LogP contribution in [0.15, 0.2) is 66.7 Å². The highest BCUT2D eigenvalue weighted by Gasteiger charge is 2.30. The van der Waals surface area contributed by atoms with Gasteiger partial charge in [0.25, 0.3) is 0 Å². The normalized spacial score (nSPS) is 18.5. The Kier molecular flexibility index (Phi) is 5.55. The van der Waals surface area contributed by atoms with Crippen molar-refractivity contribution >= 4 is 28.3 Å². The summed E-state index contributed by atoms with van der Waals surface area (Å²) < 4.78 is 4.97. The van der Waals surface area contributed by atoms with E-state index in [1.165, 1.54) is 16.3 Å². The van der Waals surface area contributed by atoms with Crippen molar-refractivity contribution in [1.29, 1.82) is 0 Å². The molecule has 148 valence electrons. The molecule has 29 heavy (non-hydrogen) atoms. The lowest BCUT2D eigenvalue weighted by Gasteiger charge is -2.13. The van der Waals surface area contributed by atoms with Crippen molar-refractivity contribution in [3.63, 3.8) is 0 Å². The minimum absolute atomic E-state index is 0.0445. The van der Waals surface area contributed by atoms with Gasteiger partial charge in [-0.25, -0.2) is 15.6 Å². The van der Waals surface area contributed by atoms with Gasteiger partial charge in [-0.15, -0.1) is 0 Å². The summed E-state index contributed by atoms with van der Waals surface area (Å²) in [4.78, 5) is 24.4. The molecule has 3 aromatic rings. The number of amides is 1. The number of hydrogen-bond donors (Lipinski definition) is 3. The van der Waals surface area contributed by atoms with Gasteiger partial charge < -0.3 is 10.1 Å². The van der Waals surface area contributed by atoms with Crippen LogP contribution >= 0.6 is 0 Å². The first kappa shape index (κ1) is 19.1. The molecule has 2 atom stereocenters. The molecule has 3 aromatic carbocycles. The number of esters is 1. The fourth-order valence-electron chi connectivity index (χ4n) is 3.62. The molecule has 0 aliphatic carbocycles. The molecule has 1 heterocycles. The summed E-state index contributed by atoms with van der Waals surface area (Å²) >= 11 is 0. The number of carbonyl (C=O) groups excluding carboxylic acids is 2. The van der Waals surface area contributed by atoms with Crippen molar-refractivity contribution < 1.29 is 14.3 Å². The molecule has 1 aliphatic rings. The van der Waals surface area contributed by atoms with E-state index in [4.69, 9.17) is 4.74 Å². The molecule has 1 fully saturated rings. The lowest BCUT2D eigenvalue weighted by Crippen LogP contribution is -2.39. The van der Waals surface area contributed by atoms with Gasteiger partial charge in [-0.2, -0.15) is 0 Å². The lowest BCUT2D eigenvalue weighted by molar-refractivity contribution is -0.117. The Morgan fingerprint density at radius 2 is 1.76 bits per heavy atom. The topological polar surface area (TPSA) is 79.5 Å². The zero-order valence-corrected chi connectivity index (χ0v) is 16.1. The molecule has 6 nitrogen and oxygen atoms in total. The monoisotopic (exact) mass is 389 g/mol. The predicted octanol–water partition coefficient (Wildman–Crippen LogP) is 3.56. The molecule has 0 bridgehead atoms. The average molecular weight is 389 g/mol. The van der Waals surface area contributed by atoms with Crippen molar-refractivity contribution in [2.45, 2.75) is 25.4 Å². The summed E-state index contributed by atoms with van der Waals surface area (Å²) in [5.74, 6) is -0.492. The molecule has 2 unspecified atom stereocenters. The van der Waals surface area contributed by atoms with Crippen molar-refractivity contribution in [3.05, 3.63) is 77.9 Å². The third kappa shape index (κ3) is 4.13. The van der Waals surface area contributed by atoms with E-state index >= 15 is 0 Å². The molecule has 1 amide bonds. The maximum atomic E-state index is 12.7. The van der Waals surface area contributed by atoms with Crippen LogP contribution < -0.4 is 16.2 Å². The van der Waals surface area contributed by atoms with E-state index in [1.807, 2.05) is 18.2 Å². The van der Waals surface area contributed by atoms with Crippen LogP contribution in [0.1, 0.15) is 35.3 Å². The molecule has 1 aliphatic heterocycles. The molecular weight excluding hydrogens is 366 g/mol. The maximum Gasteiger partial charge on any atom is 0.338 e. The quantitative estimate of drug-likeness (QED) is 0.582. The predicted molar refractivity (Wildman–Crippen MR) is 112 cm³/mol. The largest absolute Gasteiger partial charge is 0.462 e. The van der Waals surface area contributed by atoms with Gasteiger partial charge in [0.05, 0.1) is 12.2 Å². The molecule has 1 saturated heterocycles. The smallest absolute Gasteiger partial charge is 0.338 e.